The normalized spacial score (nSPS) is 22.5. The van der Waals surface area contributed by atoms with Gasteiger partial charge in [-0.15, -0.1) is 0 Å². The Labute approximate surface area is 114 Å². The van der Waals surface area contributed by atoms with Crippen LogP contribution in [0.4, 0.5) is 0 Å². The molecule has 0 bridgehead atoms. The lowest BCUT2D eigenvalue weighted by Gasteiger charge is -2.31. The Bertz CT molecular complexity index is 530. The fraction of sp³-hybridized carbons (Fsp3) is 0.615. The summed E-state index contributed by atoms with van der Waals surface area (Å²) in [5.41, 5.74) is 1.23. The molecule has 2 aliphatic rings. The molecule has 1 aromatic heterocycles. The van der Waals surface area contributed by atoms with Gasteiger partial charge >= 0.3 is 0 Å². The van der Waals surface area contributed by atoms with Gasteiger partial charge in [-0.3, -0.25) is 4.98 Å². The van der Waals surface area contributed by atoms with Crippen LogP contribution in [-0.4, -0.2) is 30.8 Å². The molecule has 1 N–H and O–H groups in total. The summed E-state index contributed by atoms with van der Waals surface area (Å²) in [6.07, 6.45) is 6.25. The second-order valence-corrected chi connectivity index (χ2v) is 7.30. The van der Waals surface area contributed by atoms with E-state index in [2.05, 4.69) is 9.71 Å². The molecule has 3 rings (SSSR count). The second kappa shape index (κ2) is 4.85. The highest BCUT2D eigenvalue weighted by molar-refractivity contribution is 7.87. The van der Waals surface area contributed by atoms with Gasteiger partial charge in [0.1, 0.15) is 0 Å². The third-order valence-corrected chi connectivity index (χ3v) is 5.80. The first-order valence-corrected chi connectivity index (χ1v) is 8.18. The van der Waals surface area contributed by atoms with E-state index in [4.69, 9.17) is 0 Å². The molecular weight excluding hydrogens is 262 g/mol. The molecule has 6 heteroatoms. The highest BCUT2D eigenvalue weighted by Crippen LogP contribution is 2.53. The van der Waals surface area contributed by atoms with Crippen molar-refractivity contribution >= 4 is 10.2 Å². The van der Waals surface area contributed by atoms with Gasteiger partial charge < -0.3 is 0 Å². The van der Waals surface area contributed by atoms with E-state index in [9.17, 15) is 8.42 Å². The Balaban J connectivity index is 1.57. The van der Waals surface area contributed by atoms with Gasteiger partial charge in [-0.25, -0.2) is 0 Å². The Morgan fingerprint density at radius 1 is 1.21 bits per heavy atom. The average Bonchev–Trinajstić information content (AvgIpc) is 3.18. The van der Waals surface area contributed by atoms with Gasteiger partial charge in [-0.1, -0.05) is 6.07 Å². The highest BCUT2D eigenvalue weighted by atomic mass is 32.2. The molecule has 0 unspecified atom stereocenters. The largest absolute Gasteiger partial charge is 0.279 e. The topological polar surface area (TPSA) is 62.3 Å². The van der Waals surface area contributed by atoms with Crippen LogP contribution in [-0.2, 0) is 16.8 Å². The highest BCUT2D eigenvalue weighted by Gasteiger charge is 2.46. The van der Waals surface area contributed by atoms with Crippen LogP contribution in [0.5, 0.6) is 0 Å². The lowest BCUT2D eigenvalue weighted by atomic mass is 9.95. The molecule has 2 heterocycles. The molecule has 19 heavy (non-hydrogen) atoms. The summed E-state index contributed by atoms with van der Waals surface area (Å²) in [7, 11) is -3.36. The summed E-state index contributed by atoms with van der Waals surface area (Å²) in [5.74, 6) is 0. The Morgan fingerprint density at radius 2 is 1.95 bits per heavy atom. The van der Waals surface area contributed by atoms with Crippen LogP contribution in [0.25, 0.3) is 0 Å². The summed E-state index contributed by atoms with van der Waals surface area (Å²) in [5, 5.41) is 0. The average molecular weight is 281 g/mol. The number of nitrogens with one attached hydrogen (secondary N) is 1. The van der Waals surface area contributed by atoms with Gasteiger partial charge in [0.15, 0.2) is 0 Å². The molecule has 1 aliphatic carbocycles. The fourth-order valence-electron chi connectivity index (χ4n) is 2.64. The molecule has 0 atom stereocenters. The number of nitrogens with zero attached hydrogens (tertiary/aromatic N) is 2. The second-order valence-electron chi connectivity index (χ2n) is 5.55. The van der Waals surface area contributed by atoms with Crippen molar-refractivity contribution in [2.75, 3.05) is 13.1 Å². The first-order chi connectivity index (χ1) is 9.10. The first kappa shape index (κ1) is 13.0. The standard InChI is InChI=1S/C13H19N3O2S/c17-19(18,15-11-12-3-1-2-8-14-12)16-9-6-13(4-5-13)7-10-16/h1-3,8,15H,4-7,9-11H2. The molecule has 1 aromatic rings. The van der Waals surface area contributed by atoms with E-state index >= 15 is 0 Å². The molecule has 104 valence electrons. The van der Waals surface area contributed by atoms with Gasteiger partial charge in [-0.2, -0.15) is 17.4 Å². The fourth-order valence-corrected chi connectivity index (χ4v) is 3.81. The van der Waals surface area contributed by atoms with Crippen LogP contribution >= 0.6 is 0 Å². The van der Waals surface area contributed by atoms with Crippen molar-refractivity contribution in [3.05, 3.63) is 30.1 Å². The third-order valence-electron chi connectivity index (χ3n) is 4.24. The Morgan fingerprint density at radius 3 is 2.53 bits per heavy atom. The van der Waals surface area contributed by atoms with E-state index in [1.54, 1.807) is 10.5 Å². The van der Waals surface area contributed by atoms with Crippen molar-refractivity contribution in [1.82, 2.24) is 14.0 Å². The molecule has 0 radical (unpaired) electrons. The van der Waals surface area contributed by atoms with Crippen molar-refractivity contribution in [2.24, 2.45) is 5.41 Å². The summed E-state index contributed by atoms with van der Waals surface area (Å²) >= 11 is 0. The lowest BCUT2D eigenvalue weighted by molar-refractivity contribution is 0.255. The SMILES string of the molecule is O=S(=O)(NCc1ccccn1)N1CCC2(CC1)CC2. The van der Waals surface area contributed by atoms with E-state index in [-0.39, 0.29) is 6.54 Å². The number of pyridine rings is 1. The zero-order valence-corrected chi connectivity index (χ0v) is 11.7. The predicted molar refractivity (Wildman–Crippen MR) is 72.5 cm³/mol. The van der Waals surface area contributed by atoms with Crippen LogP contribution in [0.3, 0.4) is 0 Å². The van der Waals surface area contributed by atoms with Crippen LogP contribution in [0.15, 0.2) is 24.4 Å². The van der Waals surface area contributed by atoms with E-state index in [1.807, 2.05) is 18.2 Å². The lowest BCUT2D eigenvalue weighted by Crippen LogP contribution is -2.45. The molecule has 1 saturated carbocycles. The van der Waals surface area contributed by atoms with Crippen molar-refractivity contribution in [3.8, 4) is 0 Å². The summed E-state index contributed by atoms with van der Waals surface area (Å²) in [4.78, 5) is 4.11. The van der Waals surface area contributed by atoms with Crippen LogP contribution in [0, 0.1) is 5.41 Å². The maximum atomic E-state index is 12.2. The van der Waals surface area contributed by atoms with Crippen LogP contribution in [0.2, 0.25) is 0 Å². The number of hydrogen-bond acceptors (Lipinski definition) is 3. The number of rotatable bonds is 4. The van der Waals surface area contributed by atoms with Crippen molar-refractivity contribution in [2.45, 2.75) is 32.2 Å². The van der Waals surface area contributed by atoms with Gasteiger partial charge in [0, 0.05) is 19.3 Å². The first-order valence-electron chi connectivity index (χ1n) is 6.74. The molecule has 2 fully saturated rings. The molecule has 1 saturated heterocycles. The van der Waals surface area contributed by atoms with E-state index in [1.165, 1.54) is 12.8 Å². The monoisotopic (exact) mass is 281 g/mol. The van der Waals surface area contributed by atoms with Gasteiger partial charge in [0.05, 0.1) is 12.2 Å². The number of piperidine rings is 1. The minimum Gasteiger partial charge on any atom is -0.260 e. The van der Waals surface area contributed by atoms with E-state index in [0.29, 0.717) is 18.5 Å². The van der Waals surface area contributed by atoms with Gasteiger partial charge in [0.2, 0.25) is 0 Å². The van der Waals surface area contributed by atoms with Crippen molar-refractivity contribution < 1.29 is 8.42 Å². The third kappa shape index (κ3) is 2.96. The molecule has 5 nitrogen and oxygen atoms in total. The van der Waals surface area contributed by atoms with Crippen molar-refractivity contribution in [3.63, 3.8) is 0 Å². The maximum Gasteiger partial charge on any atom is 0.279 e. The zero-order chi connectivity index (χ0) is 13.3. The molecule has 1 aliphatic heterocycles. The Hall–Kier alpha value is -0.980. The summed E-state index contributed by atoms with van der Waals surface area (Å²) in [6.45, 7) is 1.56. The Kier molecular flexibility index (Phi) is 3.32. The number of aromatic nitrogens is 1. The summed E-state index contributed by atoms with van der Waals surface area (Å²) in [6, 6.07) is 5.49. The summed E-state index contributed by atoms with van der Waals surface area (Å²) < 4.78 is 28.6. The smallest absolute Gasteiger partial charge is 0.260 e. The zero-order valence-electron chi connectivity index (χ0n) is 10.9. The minimum absolute atomic E-state index is 0.255. The van der Waals surface area contributed by atoms with E-state index in [0.717, 1.165) is 18.5 Å². The minimum atomic E-state index is -3.36. The van der Waals surface area contributed by atoms with Crippen molar-refractivity contribution in [1.29, 1.82) is 0 Å². The van der Waals surface area contributed by atoms with Crippen LogP contribution < -0.4 is 4.72 Å². The van der Waals surface area contributed by atoms with Crippen LogP contribution in [0.1, 0.15) is 31.4 Å². The maximum absolute atomic E-state index is 12.2. The molecular formula is C13H19N3O2S. The van der Waals surface area contributed by atoms with E-state index < -0.39 is 10.2 Å². The van der Waals surface area contributed by atoms with Gasteiger partial charge in [0.25, 0.3) is 10.2 Å². The molecule has 0 aromatic carbocycles. The molecule has 0 amide bonds. The number of hydrogen-bond donors (Lipinski definition) is 1. The quantitative estimate of drug-likeness (QED) is 0.904. The molecule has 1 spiro atoms. The van der Waals surface area contributed by atoms with Gasteiger partial charge in [-0.05, 0) is 43.2 Å². The predicted octanol–water partition coefficient (Wildman–Crippen LogP) is 1.29.